The first kappa shape index (κ1) is 20.1. The number of aryl methyl sites for hydroxylation is 1. The van der Waals surface area contributed by atoms with Crippen LogP contribution in [0.3, 0.4) is 0 Å². The van der Waals surface area contributed by atoms with Gasteiger partial charge in [0.2, 0.25) is 5.91 Å². The average Bonchev–Trinajstić information content (AvgIpc) is 2.97. The largest absolute Gasteiger partial charge is 0.497 e. The molecule has 1 aromatic carbocycles. The molecule has 0 aliphatic carbocycles. The summed E-state index contributed by atoms with van der Waals surface area (Å²) in [6, 6.07) is 3.19. The molecule has 0 radical (unpaired) electrons. The lowest BCUT2D eigenvalue weighted by molar-refractivity contribution is -0.141. The summed E-state index contributed by atoms with van der Waals surface area (Å²) in [5, 5.41) is 14.5. The van der Waals surface area contributed by atoms with E-state index in [1.54, 1.807) is 29.8 Å². The molecule has 0 aliphatic heterocycles. The number of aromatic nitrogens is 1. The molecule has 0 bridgehead atoms. The van der Waals surface area contributed by atoms with E-state index in [0.29, 0.717) is 17.2 Å². The summed E-state index contributed by atoms with van der Waals surface area (Å²) in [4.78, 5) is 35.5. The number of methoxy groups -OCH3 is 2. The van der Waals surface area contributed by atoms with Crippen LogP contribution in [0.1, 0.15) is 24.3 Å². The van der Waals surface area contributed by atoms with Crippen LogP contribution in [0.15, 0.2) is 18.2 Å². The van der Waals surface area contributed by atoms with E-state index in [1.165, 1.54) is 28.1 Å². The Balaban J connectivity index is 2.26. The molecular weight excluding hydrogens is 354 g/mol. The van der Waals surface area contributed by atoms with Crippen molar-refractivity contribution in [2.45, 2.75) is 25.9 Å². The molecule has 3 N–H and O–H groups in total. The van der Waals surface area contributed by atoms with Crippen LogP contribution in [0.25, 0.3) is 10.9 Å². The highest BCUT2D eigenvalue weighted by atomic mass is 16.5. The molecule has 0 saturated heterocycles. The fourth-order valence-corrected chi connectivity index (χ4v) is 2.61. The summed E-state index contributed by atoms with van der Waals surface area (Å²) < 4.78 is 12.3. The minimum Gasteiger partial charge on any atom is -0.497 e. The Morgan fingerprint density at radius 1 is 1.04 bits per heavy atom. The van der Waals surface area contributed by atoms with Crippen LogP contribution in [0, 0.1) is 0 Å². The highest BCUT2D eigenvalue weighted by Crippen LogP contribution is 2.33. The zero-order valence-corrected chi connectivity index (χ0v) is 15.8. The summed E-state index contributed by atoms with van der Waals surface area (Å²) in [6.45, 7) is 2.83. The number of hydrogen-bond donors (Lipinski definition) is 3. The highest BCUT2D eigenvalue weighted by Gasteiger charge is 2.23. The first-order valence-corrected chi connectivity index (χ1v) is 8.25. The predicted molar refractivity (Wildman–Crippen MR) is 98.2 cm³/mol. The Morgan fingerprint density at radius 2 is 1.70 bits per heavy atom. The van der Waals surface area contributed by atoms with Crippen LogP contribution < -0.4 is 20.1 Å². The van der Waals surface area contributed by atoms with Crippen LogP contribution in [0.2, 0.25) is 0 Å². The van der Waals surface area contributed by atoms with Crippen LogP contribution >= 0.6 is 0 Å². The maximum Gasteiger partial charge on any atom is 0.325 e. The summed E-state index contributed by atoms with van der Waals surface area (Å²) in [7, 11) is 4.78. The molecule has 9 heteroatoms. The standard InChI is InChI=1S/C18H23N3O6/c1-9(16(22)20-10(2)18(24)25)19-17(23)14-8-12-13(21(14)3)6-11(26-4)7-15(12)27-5/h6-10H,1-5H3,(H,19,23)(H,20,22)(H,24,25). The Hall–Kier alpha value is -3.23. The van der Waals surface area contributed by atoms with Crippen LogP contribution in [0.5, 0.6) is 11.5 Å². The van der Waals surface area contributed by atoms with Crippen LogP contribution in [0.4, 0.5) is 0 Å². The van der Waals surface area contributed by atoms with Gasteiger partial charge in [0, 0.05) is 24.6 Å². The van der Waals surface area contributed by atoms with Gasteiger partial charge in [0.25, 0.3) is 5.91 Å². The third-order valence-electron chi connectivity index (χ3n) is 4.26. The lowest BCUT2D eigenvalue weighted by atomic mass is 10.2. The summed E-state index contributed by atoms with van der Waals surface area (Å²) in [6.07, 6.45) is 0. The van der Waals surface area contributed by atoms with E-state index in [2.05, 4.69) is 10.6 Å². The molecule has 1 heterocycles. The summed E-state index contributed by atoms with van der Waals surface area (Å²) >= 11 is 0. The number of rotatable bonds is 7. The van der Waals surface area contributed by atoms with Gasteiger partial charge in [-0.05, 0) is 19.9 Å². The highest BCUT2D eigenvalue weighted by molar-refractivity contribution is 6.02. The van der Waals surface area contributed by atoms with Gasteiger partial charge in [-0.15, -0.1) is 0 Å². The Labute approximate surface area is 156 Å². The average molecular weight is 377 g/mol. The number of carboxylic acid groups (broad SMARTS) is 1. The van der Waals surface area contributed by atoms with Crippen molar-refractivity contribution in [2.75, 3.05) is 14.2 Å². The molecule has 0 aliphatic rings. The van der Waals surface area contributed by atoms with Crippen molar-refractivity contribution >= 4 is 28.7 Å². The van der Waals surface area contributed by atoms with Crippen molar-refractivity contribution in [3.05, 3.63) is 23.9 Å². The zero-order chi connectivity index (χ0) is 20.3. The van der Waals surface area contributed by atoms with E-state index in [1.807, 2.05) is 0 Å². The summed E-state index contributed by atoms with van der Waals surface area (Å²) in [5.41, 5.74) is 1.05. The maximum atomic E-state index is 12.6. The molecule has 0 fully saturated rings. The van der Waals surface area contributed by atoms with E-state index >= 15 is 0 Å². The number of nitrogens with one attached hydrogen (secondary N) is 2. The lowest BCUT2D eigenvalue weighted by Gasteiger charge is -2.16. The van der Waals surface area contributed by atoms with E-state index in [-0.39, 0.29) is 0 Å². The van der Waals surface area contributed by atoms with Gasteiger partial charge in [-0.3, -0.25) is 14.4 Å². The number of fused-ring (bicyclic) bond motifs is 1. The molecule has 2 amide bonds. The van der Waals surface area contributed by atoms with E-state index in [0.717, 1.165) is 10.9 Å². The predicted octanol–water partition coefficient (Wildman–Crippen LogP) is 0.903. The molecule has 2 rings (SSSR count). The molecule has 9 nitrogen and oxygen atoms in total. The van der Waals surface area contributed by atoms with Crippen molar-refractivity contribution < 1.29 is 29.0 Å². The third kappa shape index (κ3) is 4.13. The zero-order valence-electron chi connectivity index (χ0n) is 15.8. The van der Waals surface area contributed by atoms with Crippen molar-refractivity contribution in [2.24, 2.45) is 7.05 Å². The number of benzene rings is 1. The Kier molecular flexibility index (Phi) is 5.94. The Morgan fingerprint density at radius 3 is 2.26 bits per heavy atom. The van der Waals surface area contributed by atoms with Crippen molar-refractivity contribution in [1.82, 2.24) is 15.2 Å². The number of amides is 2. The number of nitrogens with zero attached hydrogens (tertiary/aromatic N) is 1. The van der Waals surface area contributed by atoms with Gasteiger partial charge >= 0.3 is 5.97 Å². The summed E-state index contributed by atoms with van der Waals surface area (Å²) in [5.74, 6) is -1.07. The van der Waals surface area contributed by atoms with Crippen molar-refractivity contribution in [3.8, 4) is 11.5 Å². The number of aliphatic carboxylic acids is 1. The van der Waals surface area contributed by atoms with Gasteiger partial charge in [-0.25, -0.2) is 0 Å². The molecule has 1 aromatic heterocycles. The van der Waals surface area contributed by atoms with Crippen molar-refractivity contribution in [3.63, 3.8) is 0 Å². The Bertz CT molecular complexity index is 889. The van der Waals surface area contributed by atoms with Crippen LogP contribution in [-0.2, 0) is 16.6 Å². The molecular formula is C18H23N3O6. The van der Waals surface area contributed by atoms with Gasteiger partial charge in [0.05, 0.1) is 19.7 Å². The number of carboxylic acids is 1. The number of carbonyl (C=O) groups excluding carboxylic acids is 2. The molecule has 0 saturated carbocycles. The smallest absolute Gasteiger partial charge is 0.325 e. The van der Waals surface area contributed by atoms with Gasteiger partial charge in [0.1, 0.15) is 29.3 Å². The minimum absolute atomic E-state index is 0.322. The fraction of sp³-hybridized carbons (Fsp3) is 0.389. The molecule has 146 valence electrons. The second-order valence-electron chi connectivity index (χ2n) is 6.11. The van der Waals surface area contributed by atoms with Crippen LogP contribution in [-0.4, -0.2) is 53.8 Å². The second kappa shape index (κ2) is 7.98. The van der Waals surface area contributed by atoms with E-state index in [9.17, 15) is 14.4 Å². The van der Waals surface area contributed by atoms with Gasteiger partial charge < -0.3 is 29.8 Å². The van der Waals surface area contributed by atoms with E-state index < -0.39 is 29.9 Å². The first-order valence-electron chi connectivity index (χ1n) is 8.25. The SMILES string of the molecule is COc1cc(OC)c2cc(C(=O)NC(C)C(=O)NC(C)C(=O)O)n(C)c2c1. The van der Waals surface area contributed by atoms with Gasteiger partial charge in [-0.2, -0.15) is 0 Å². The molecule has 0 spiro atoms. The molecule has 2 atom stereocenters. The maximum absolute atomic E-state index is 12.6. The minimum atomic E-state index is -1.16. The number of ether oxygens (including phenoxy) is 2. The molecule has 27 heavy (non-hydrogen) atoms. The van der Waals surface area contributed by atoms with E-state index in [4.69, 9.17) is 14.6 Å². The topological polar surface area (TPSA) is 119 Å². The lowest BCUT2D eigenvalue weighted by Crippen LogP contribution is -2.49. The molecule has 2 unspecified atom stereocenters. The third-order valence-corrected chi connectivity index (χ3v) is 4.26. The number of carbonyl (C=O) groups is 3. The second-order valence-corrected chi connectivity index (χ2v) is 6.11. The normalized spacial score (nSPS) is 12.9. The number of hydrogen-bond acceptors (Lipinski definition) is 5. The quantitative estimate of drug-likeness (QED) is 0.660. The van der Waals surface area contributed by atoms with Crippen molar-refractivity contribution in [1.29, 1.82) is 0 Å². The fourth-order valence-electron chi connectivity index (χ4n) is 2.61. The van der Waals surface area contributed by atoms with Gasteiger partial charge in [0.15, 0.2) is 0 Å². The van der Waals surface area contributed by atoms with Gasteiger partial charge in [-0.1, -0.05) is 0 Å². The monoisotopic (exact) mass is 377 g/mol. The molecule has 2 aromatic rings. The first-order chi connectivity index (χ1) is 12.7.